The van der Waals surface area contributed by atoms with Gasteiger partial charge < -0.3 is 4.74 Å². The second kappa shape index (κ2) is 6.57. The van der Waals surface area contributed by atoms with Crippen molar-refractivity contribution in [3.8, 4) is 22.3 Å². The maximum atomic E-state index is 10.8. The van der Waals surface area contributed by atoms with Crippen molar-refractivity contribution in [3.63, 3.8) is 0 Å². The number of fused-ring (bicyclic) bond motifs is 6. The number of hydrogen-bond acceptors (Lipinski definition) is 5. The summed E-state index contributed by atoms with van der Waals surface area (Å²) in [6.07, 6.45) is 2.45. The average Bonchev–Trinajstić information content (AvgIpc) is 3.31. The summed E-state index contributed by atoms with van der Waals surface area (Å²) in [7, 11) is 0. The summed E-state index contributed by atoms with van der Waals surface area (Å²) in [5.41, 5.74) is 5.71. The van der Waals surface area contributed by atoms with Crippen molar-refractivity contribution >= 4 is 33.5 Å². The van der Waals surface area contributed by atoms with Crippen LogP contribution in [0.25, 0.3) is 43.8 Å². The normalized spacial score (nSPS) is 12.9. The molecule has 0 atom stereocenters. The highest BCUT2D eigenvalue weighted by atomic mass is 16.6. The molecule has 0 saturated heterocycles. The first-order valence-corrected chi connectivity index (χ1v) is 9.83. The Hall–Kier alpha value is -4.38. The lowest BCUT2D eigenvalue weighted by Crippen LogP contribution is -1.97. The molecule has 2 aliphatic rings. The predicted molar refractivity (Wildman–Crippen MR) is 118 cm³/mol. The minimum absolute atomic E-state index is 0.0463. The molecular formula is C26H14N2O3. The summed E-state index contributed by atoms with van der Waals surface area (Å²) in [5.74, 6) is -1.38. The number of cyclic esters (lactones) is 2. The Kier molecular flexibility index (Phi) is 3.70. The summed E-state index contributed by atoms with van der Waals surface area (Å²) in [6, 6.07) is 26.4. The van der Waals surface area contributed by atoms with Gasteiger partial charge in [-0.15, -0.1) is 0 Å². The Morgan fingerprint density at radius 1 is 0.645 bits per heavy atom. The molecule has 0 N–H and O–H groups in total. The Morgan fingerprint density at radius 3 is 2.26 bits per heavy atom. The van der Waals surface area contributed by atoms with Crippen LogP contribution >= 0.6 is 0 Å². The van der Waals surface area contributed by atoms with Gasteiger partial charge in [-0.1, -0.05) is 72.8 Å². The summed E-state index contributed by atoms with van der Waals surface area (Å²) < 4.78 is 4.25. The summed E-state index contributed by atoms with van der Waals surface area (Å²) >= 11 is 0. The van der Waals surface area contributed by atoms with Gasteiger partial charge in [0.15, 0.2) is 5.69 Å². The van der Waals surface area contributed by atoms with Crippen molar-refractivity contribution in [1.29, 1.82) is 0 Å². The number of carbonyl (C=O) groups excluding carboxylic acids is 2. The third kappa shape index (κ3) is 2.57. The maximum Gasteiger partial charge on any atom is 0.365 e. The number of benzene rings is 4. The second-order valence-electron chi connectivity index (χ2n) is 7.38. The maximum absolute atomic E-state index is 10.8. The molecule has 7 rings (SSSR count). The summed E-state index contributed by atoms with van der Waals surface area (Å²) in [4.78, 5) is 28.7. The van der Waals surface area contributed by atoms with Crippen LogP contribution in [-0.2, 0) is 4.74 Å². The largest absolute Gasteiger partial charge is 0.384 e. The van der Waals surface area contributed by atoms with Crippen LogP contribution in [0.3, 0.4) is 0 Å². The molecule has 4 aromatic carbocycles. The molecule has 1 aromatic heterocycles. The highest BCUT2D eigenvalue weighted by molar-refractivity contribution is 6.21. The van der Waals surface area contributed by atoms with Crippen LogP contribution in [0.15, 0.2) is 85.3 Å². The van der Waals surface area contributed by atoms with E-state index in [9.17, 15) is 9.59 Å². The van der Waals surface area contributed by atoms with E-state index in [1.54, 1.807) is 0 Å². The monoisotopic (exact) mass is 402 g/mol. The van der Waals surface area contributed by atoms with Crippen LogP contribution in [0.4, 0.5) is 0 Å². The van der Waals surface area contributed by atoms with Gasteiger partial charge in [-0.25, -0.2) is 19.6 Å². The van der Waals surface area contributed by atoms with Crippen LogP contribution in [0.1, 0.15) is 20.8 Å². The van der Waals surface area contributed by atoms with E-state index in [0.29, 0.717) is 0 Å². The van der Waals surface area contributed by atoms with Gasteiger partial charge in [0.1, 0.15) is 11.9 Å². The molecule has 5 heteroatoms. The average molecular weight is 402 g/mol. The molecule has 0 amide bonds. The fraction of sp³-hybridized carbons (Fsp3) is 0. The van der Waals surface area contributed by atoms with E-state index in [4.69, 9.17) is 0 Å². The first-order valence-electron chi connectivity index (χ1n) is 9.83. The molecule has 31 heavy (non-hydrogen) atoms. The quantitative estimate of drug-likeness (QED) is 0.250. The molecule has 0 fully saturated rings. The SMILES string of the molecule is O=C1OC(=O)c2ncncc21.c1ccc2c3c(ccc2c1)-c1cccc2cccc-3c12. The molecule has 0 radical (unpaired) electrons. The van der Waals surface area contributed by atoms with Gasteiger partial charge in [-0.2, -0.15) is 0 Å². The highest BCUT2D eigenvalue weighted by Crippen LogP contribution is 2.49. The molecule has 0 spiro atoms. The molecule has 0 saturated carbocycles. The Labute approximate surface area is 177 Å². The minimum atomic E-state index is -0.701. The zero-order valence-electron chi connectivity index (χ0n) is 16.2. The first kappa shape index (κ1) is 17.5. The van der Waals surface area contributed by atoms with Crippen molar-refractivity contribution in [2.45, 2.75) is 0 Å². The highest BCUT2D eigenvalue weighted by Gasteiger charge is 2.31. The van der Waals surface area contributed by atoms with Crippen molar-refractivity contribution in [2.75, 3.05) is 0 Å². The minimum Gasteiger partial charge on any atom is -0.384 e. The lowest BCUT2D eigenvalue weighted by molar-refractivity contribution is 0.0441. The van der Waals surface area contributed by atoms with Crippen LogP contribution < -0.4 is 0 Å². The number of carbonyl (C=O) groups is 2. The van der Waals surface area contributed by atoms with Gasteiger partial charge in [-0.3, -0.25) is 0 Å². The summed E-state index contributed by atoms with van der Waals surface area (Å²) in [6.45, 7) is 0. The van der Waals surface area contributed by atoms with Gasteiger partial charge >= 0.3 is 11.9 Å². The molecule has 5 aromatic rings. The number of esters is 2. The van der Waals surface area contributed by atoms with Crippen LogP contribution in [0.5, 0.6) is 0 Å². The van der Waals surface area contributed by atoms with E-state index in [0.717, 1.165) is 0 Å². The third-order valence-corrected chi connectivity index (χ3v) is 5.70. The number of rotatable bonds is 0. The number of ether oxygens (including phenoxy) is 1. The lowest BCUT2D eigenvalue weighted by Gasteiger charge is -2.06. The van der Waals surface area contributed by atoms with Gasteiger partial charge in [0.25, 0.3) is 0 Å². The van der Waals surface area contributed by atoms with Crippen LogP contribution in [0.2, 0.25) is 0 Å². The molecule has 0 bridgehead atoms. The van der Waals surface area contributed by atoms with E-state index in [1.165, 1.54) is 56.3 Å². The number of hydrogen-bond donors (Lipinski definition) is 0. The van der Waals surface area contributed by atoms with E-state index in [-0.39, 0.29) is 11.3 Å². The molecule has 146 valence electrons. The van der Waals surface area contributed by atoms with Crippen molar-refractivity contribution in [2.24, 2.45) is 0 Å². The Morgan fingerprint density at radius 2 is 1.42 bits per heavy atom. The molecule has 1 aliphatic carbocycles. The van der Waals surface area contributed by atoms with Crippen molar-refractivity contribution in [3.05, 3.63) is 96.6 Å². The topological polar surface area (TPSA) is 69.2 Å². The lowest BCUT2D eigenvalue weighted by atomic mass is 9.97. The molecule has 2 heterocycles. The van der Waals surface area contributed by atoms with E-state index in [2.05, 4.69) is 87.5 Å². The Bertz CT molecular complexity index is 1520. The fourth-order valence-corrected chi connectivity index (χ4v) is 4.39. The van der Waals surface area contributed by atoms with Crippen LogP contribution in [0, 0.1) is 0 Å². The van der Waals surface area contributed by atoms with E-state index in [1.807, 2.05) is 0 Å². The van der Waals surface area contributed by atoms with Crippen LogP contribution in [-0.4, -0.2) is 21.9 Å². The zero-order valence-corrected chi connectivity index (χ0v) is 16.2. The standard InChI is InChI=1S/C20H12.C6H2N2O3/c1-2-8-15-13(5-1)11-12-17-16-9-3-6-14-7-4-10-18(19(14)16)20(15)17;9-5-3-1-7-2-8-4(3)6(10)11-5/h1-12H;1-2H. The molecule has 0 unspecified atom stereocenters. The molecule has 1 aliphatic heterocycles. The molecule has 5 nitrogen and oxygen atoms in total. The van der Waals surface area contributed by atoms with Gasteiger partial charge in [-0.05, 0) is 43.8 Å². The second-order valence-corrected chi connectivity index (χ2v) is 7.38. The Balaban J connectivity index is 0.000000143. The van der Waals surface area contributed by atoms with Crippen molar-refractivity contribution < 1.29 is 14.3 Å². The summed E-state index contributed by atoms with van der Waals surface area (Å²) in [5, 5.41) is 5.41. The van der Waals surface area contributed by atoms with E-state index >= 15 is 0 Å². The van der Waals surface area contributed by atoms with Gasteiger partial charge in [0.2, 0.25) is 0 Å². The zero-order chi connectivity index (χ0) is 20.9. The van der Waals surface area contributed by atoms with Gasteiger partial charge in [0, 0.05) is 6.20 Å². The number of aromatic nitrogens is 2. The smallest absolute Gasteiger partial charge is 0.365 e. The van der Waals surface area contributed by atoms with Crippen molar-refractivity contribution in [1.82, 2.24) is 9.97 Å². The predicted octanol–water partition coefficient (Wildman–Crippen LogP) is 5.43. The third-order valence-electron chi connectivity index (χ3n) is 5.70. The molecular weight excluding hydrogens is 388 g/mol. The van der Waals surface area contributed by atoms with Gasteiger partial charge in [0.05, 0.1) is 0 Å². The van der Waals surface area contributed by atoms with E-state index < -0.39 is 11.9 Å². The first-order chi connectivity index (χ1) is 15.2. The number of nitrogens with zero attached hydrogens (tertiary/aromatic N) is 2. The fourth-order valence-electron chi connectivity index (χ4n) is 4.39.